The van der Waals surface area contributed by atoms with Gasteiger partial charge >= 0.3 is 5.97 Å². The van der Waals surface area contributed by atoms with Gasteiger partial charge in [-0.25, -0.2) is 4.79 Å². The molecule has 0 heterocycles. The van der Waals surface area contributed by atoms with Gasteiger partial charge in [0, 0.05) is 6.61 Å². The van der Waals surface area contributed by atoms with E-state index in [1.807, 2.05) is 13.0 Å². The van der Waals surface area contributed by atoms with Gasteiger partial charge in [-0.3, -0.25) is 0 Å². The van der Waals surface area contributed by atoms with Crippen LogP contribution in [0.15, 0.2) is 11.6 Å². The molecule has 0 aliphatic rings. The first-order chi connectivity index (χ1) is 8.26. The summed E-state index contributed by atoms with van der Waals surface area (Å²) in [5.74, 6) is -0.219. The lowest BCUT2D eigenvalue weighted by Gasteiger charge is -2.08. The number of esters is 1. The maximum absolute atomic E-state index is 11.7. The lowest BCUT2D eigenvalue weighted by atomic mass is 10.2. The van der Waals surface area contributed by atoms with Crippen LogP contribution in [0.2, 0.25) is 0 Å². The molecule has 0 unspecified atom stereocenters. The molecule has 100 valence electrons. The van der Waals surface area contributed by atoms with E-state index in [-0.39, 0.29) is 5.97 Å². The number of carbonyl (C=O) groups is 1. The number of rotatable bonds is 10. The van der Waals surface area contributed by atoms with Gasteiger partial charge < -0.3 is 9.47 Å². The van der Waals surface area contributed by atoms with Gasteiger partial charge in [-0.2, -0.15) is 0 Å². The molecule has 3 nitrogen and oxygen atoms in total. The number of hydrogen-bond acceptors (Lipinski definition) is 3. The highest BCUT2D eigenvalue weighted by Crippen LogP contribution is 2.05. The zero-order chi connectivity index (χ0) is 12.9. The first-order valence-electron chi connectivity index (χ1n) is 6.70. The third kappa shape index (κ3) is 8.93. The molecule has 0 aromatic carbocycles. The van der Waals surface area contributed by atoms with Gasteiger partial charge in [0.1, 0.15) is 0 Å². The number of ether oxygens (including phenoxy) is 2. The normalized spacial score (nSPS) is 11.6. The quantitative estimate of drug-likeness (QED) is 0.334. The molecule has 17 heavy (non-hydrogen) atoms. The van der Waals surface area contributed by atoms with E-state index in [0.29, 0.717) is 25.4 Å². The van der Waals surface area contributed by atoms with Crippen molar-refractivity contribution in [1.82, 2.24) is 0 Å². The van der Waals surface area contributed by atoms with Gasteiger partial charge in [0.25, 0.3) is 0 Å². The van der Waals surface area contributed by atoms with E-state index in [9.17, 15) is 4.79 Å². The molecule has 0 aliphatic heterocycles. The van der Waals surface area contributed by atoms with Crippen LogP contribution in [0, 0.1) is 0 Å². The maximum Gasteiger partial charge on any atom is 0.336 e. The monoisotopic (exact) mass is 242 g/mol. The zero-order valence-electron chi connectivity index (χ0n) is 11.5. The van der Waals surface area contributed by atoms with Crippen molar-refractivity contribution < 1.29 is 14.3 Å². The maximum atomic E-state index is 11.7. The fraction of sp³-hybridized carbons (Fsp3) is 0.786. The third-order valence-corrected chi connectivity index (χ3v) is 2.40. The number of unbranched alkanes of at least 4 members (excludes halogenated alkanes) is 3. The van der Waals surface area contributed by atoms with Crippen LogP contribution in [0.25, 0.3) is 0 Å². The molecule has 3 heteroatoms. The topological polar surface area (TPSA) is 35.5 Å². The van der Waals surface area contributed by atoms with Gasteiger partial charge in [0.05, 0.1) is 18.8 Å². The molecule has 0 N–H and O–H groups in total. The predicted octanol–water partition coefficient (Wildman–Crippen LogP) is 3.48. The number of carbonyl (C=O) groups excluding carboxylic acids is 1. The van der Waals surface area contributed by atoms with E-state index in [4.69, 9.17) is 9.47 Å². The van der Waals surface area contributed by atoms with Gasteiger partial charge in [0.15, 0.2) is 0 Å². The van der Waals surface area contributed by atoms with E-state index in [2.05, 4.69) is 13.8 Å². The first kappa shape index (κ1) is 16.2. The molecule has 0 rings (SSSR count). The van der Waals surface area contributed by atoms with Crippen molar-refractivity contribution >= 4 is 5.97 Å². The fourth-order valence-electron chi connectivity index (χ4n) is 1.30. The smallest absolute Gasteiger partial charge is 0.336 e. The minimum absolute atomic E-state index is 0.219. The average molecular weight is 242 g/mol. The van der Waals surface area contributed by atoms with Gasteiger partial charge in [-0.05, 0) is 19.8 Å². The van der Waals surface area contributed by atoms with Crippen LogP contribution in [-0.2, 0) is 14.3 Å². The summed E-state index contributed by atoms with van der Waals surface area (Å²) in [4.78, 5) is 11.7. The molecule has 0 atom stereocenters. The van der Waals surface area contributed by atoms with Crippen molar-refractivity contribution in [2.45, 2.75) is 52.9 Å². The van der Waals surface area contributed by atoms with E-state index >= 15 is 0 Å². The second kappa shape index (κ2) is 11.6. The summed E-state index contributed by atoms with van der Waals surface area (Å²) in [6, 6.07) is 0. The van der Waals surface area contributed by atoms with Crippen molar-refractivity contribution in [2.75, 3.05) is 19.8 Å². The Kier molecular flexibility index (Phi) is 11.1. The Bertz CT molecular complexity index is 222. The van der Waals surface area contributed by atoms with Crippen LogP contribution >= 0.6 is 0 Å². The Hall–Kier alpha value is -0.830. The van der Waals surface area contributed by atoms with Gasteiger partial charge in [-0.1, -0.05) is 39.2 Å². The summed E-state index contributed by atoms with van der Waals surface area (Å²) < 4.78 is 10.5. The number of allylic oxidation sites excluding steroid dienone is 1. The molecule has 0 radical (unpaired) electrons. The van der Waals surface area contributed by atoms with Crippen LogP contribution in [0.5, 0.6) is 0 Å². The Labute approximate surface area is 105 Å². The van der Waals surface area contributed by atoms with E-state index < -0.39 is 0 Å². The molecule has 0 aliphatic carbocycles. The molecule has 0 spiro atoms. The van der Waals surface area contributed by atoms with Gasteiger partial charge in [0.2, 0.25) is 0 Å². The second-order valence-corrected chi connectivity index (χ2v) is 4.00. The average Bonchev–Trinajstić information content (AvgIpc) is 2.33. The van der Waals surface area contributed by atoms with Crippen LogP contribution in [0.3, 0.4) is 0 Å². The van der Waals surface area contributed by atoms with Crippen molar-refractivity contribution in [3.05, 3.63) is 11.6 Å². The minimum atomic E-state index is -0.219. The lowest BCUT2D eigenvalue weighted by molar-refractivity contribution is -0.139. The fourth-order valence-corrected chi connectivity index (χ4v) is 1.30. The van der Waals surface area contributed by atoms with E-state index in [1.165, 1.54) is 0 Å². The SMILES string of the molecule is CCCCC=C(COCC)C(=O)OCCCC. The lowest BCUT2D eigenvalue weighted by Crippen LogP contribution is -2.13. The third-order valence-electron chi connectivity index (χ3n) is 2.40. The summed E-state index contributed by atoms with van der Waals surface area (Å²) in [6.45, 7) is 7.62. The predicted molar refractivity (Wildman–Crippen MR) is 70.0 cm³/mol. The van der Waals surface area contributed by atoms with Crippen LogP contribution < -0.4 is 0 Å². The largest absolute Gasteiger partial charge is 0.462 e. The Morgan fingerprint density at radius 1 is 1.12 bits per heavy atom. The molecule has 0 saturated heterocycles. The summed E-state index contributed by atoms with van der Waals surface area (Å²) in [5.41, 5.74) is 0.663. The van der Waals surface area contributed by atoms with Crippen LogP contribution in [0.1, 0.15) is 52.9 Å². The highest BCUT2D eigenvalue weighted by atomic mass is 16.5. The molecule has 0 aromatic heterocycles. The van der Waals surface area contributed by atoms with Crippen molar-refractivity contribution in [2.24, 2.45) is 0 Å². The van der Waals surface area contributed by atoms with Crippen molar-refractivity contribution in [3.8, 4) is 0 Å². The first-order valence-corrected chi connectivity index (χ1v) is 6.70. The Balaban J connectivity index is 4.13. The summed E-state index contributed by atoms with van der Waals surface area (Å²) >= 11 is 0. The van der Waals surface area contributed by atoms with Crippen molar-refractivity contribution in [1.29, 1.82) is 0 Å². The van der Waals surface area contributed by atoms with Crippen LogP contribution in [0.4, 0.5) is 0 Å². The van der Waals surface area contributed by atoms with E-state index in [0.717, 1.165) is 32.1 Å². The standard InChI is InChI=1S/C14H26O3/c1-4-7-9-10-13(12-16-6-3)14(15)17-11-8-5-2/h10H,4-9,11-12H2,1-3H3. The molecule has 0 aromatic rings. The molecule has 0 bridgehead atoms. The van der Waals surface area contributed by atoms with Crippen molar-refractivity contribution in [3.63, 3.8) is 0 Å². The Morgan fingerprint density at radius 3 is 2.41 bits per heavy atom. The van der Waals surface area contributed by atoms with Gasteiger partial charge in [-0.15, -0.1) is 0 Å². The zero-order valence-corrected chi connectivity index (χ0v) is 11.5. The molecule has 0 saturated carbocycles. The second-order valence-electron chi connectivity index (χ2n) is 4.00. The summed E-state index contributed by atoms with van der Waals surface area (Å²) in [5, 5.41) is 0. The highest BCUT2D eigenvalue weighted by Gasteiger charge is 2.10. The highest BCUT2D eigenvalue weighted by molar-refractivity contribution is 5.88. The minimum Gasteiger partial charge on any atom is -0.462 e. The van der Waals surface area contributed by atoms with Crippen LogP contribution in [-0.4, -0.2) is 25.8 Å². The number of hydrogen-bond donors (Lipinski definition) is 0. The Morgan fingerprint density at radius 2 is 1.82 bits per heavy atom. The molecular formula is C14H26O3. The molecular weight excluding hydrogens is 216 g/mol. The van der Waals surface area contributed by atoms with E-state index in [1.54, 1.807) is 0 Å². The summed E-state index contributed by atoms with van der Waals surface area (Å²) in [7, 11) is 0. The molecule has 0 fully saturated rings. The molecule has 0 amide bonds. The summed E-state index contributed by atoms with van der Waals surface area (Å²) in [6.07, 6.45) is 7.05.